The SMILES string of the molecule is Cc1ccccc1CNC(=O)Nc1ccccc1Cc1ccccc1. The number of urea groups is 1. The zero-order chi connectivity index (χ0) is 17.5. The number of para-hydroxylation sites is 1. The van der Waals surface area contributed by atoms with Gasteiger partial charge in [0.15, 0.2) is 0 Å². The highest BCUT2D eigenvalue weighted by atomic mass is 16.2. The summed E-state index contributed by atoms with van der Waals surface area (Å²) < 4.78 is 0. The molecule has 0 aliphatic rings. The van der Waals surface area contributed by atoms with E-state index in [0.717, 1.165) is 23.2 Å². The van der Waals surface area contributed by atoms with Gasteiger partial charge in [-0.3, -0.25) is 0 Å². The third-order valence-electron chi connectivity index (χ3n) is 4.20. The number of nitrogens with one attached hydrogen (secondary N) is 2. The van der Waals surface area contributed by atoms with Crippen molar-refractivity contribution in [3.05, 3.63) is 101 Å². The zero-order valence-corrected chi connectivity index (χ0v) is 14.3. The predicted octanol–water partition coefficient (Wildman–Crippen LogP) is 4.91. The van der Waals surface area contributed by atoms with E-state index in [1.54, 1.807) is 0 Å². The number of hydrogen-bond donors (Lipinski definition) is 2. The van der Waals surface area contributed by atoms with Gasteiger partial charge in [0, 0.05) is 12.2 Å². The van der Waals surface area contributed by atoms with Crippen LogP contribution in [0.1, 0.15) is 22.3 Å². The van der Waals surface area contributed by atoms with Gasteiger partial charge < -0.3 is 10.6 Å². The number of anilines is 1. The highest BCUT2D eigenvalue weighted by Gasteiger charge is 2.07. The molecule has 3 heteroatoms. The van der Waals surface area contributed by atoms with Crippen molar-refractivity contribution in [1.29, 1.82) is 0 Å². The molecule has 0 radical (unpaired) electrons. The standard InChI is InChI=1S/C22H22N2O/c1-17-9-5-6-13-20(17)16-23-22(25)24-21-14-8-7-12-19(21)15-18-10-3-2-4-11-18/h2-14H,15-16H2,1H3,(H2,23,24,25). The minimum atomic E-state index is -0.191. The lowest BCUT2D eigenvalue weighted by Crippen LogP contribution is -2.28. The van der Waals surface area contributed by atoms with Gasteiger partial charge in [0.25, 0.3) is 0 Å². The van der Waals surface area contributed by atoms with E-state index in [1.165, 1.54) is 11.1 Å². The molecule has 3 aromatic rings. The van der Waals surface area contributed by atoms with Gasteiger partial charge in [-0.15, -0.1) is 0 Å². The Balaban J connectivity index is 1.64. The number of amides is 2. The van der Waals surface area contributed by atoms with Crippen LogP contribution in [-0.4, -0.2) is 6.03 Å². The van der Waals surface area contributed by atoms with Crippen LogP contribution < -0.4 is 10.6 Å². The molecule has 2 N–H and O–H groups in total. The minimum absolute atomic E-state index is 0.191. The second-order valence-corrected chi connectivity index (χ2v) is 6.05. The average Bonchev–Trinajstić information content (AvgIpc) is 2.64. The van der Waals surface area contributed by atoms with Crippen molar-refractivity contribution in [2.24, 2.45) is 0 Å². The van der Waals surface area contributed by atoms with Crippen LogP contribution in [0.5, 0.6) is 0 Å². The average molecular weight is 330 g/mol. The second kappa shape index (κ2) is 8.15. The predicted molar refractivity (Wildman–Crippen MR) is 103 cm³/mol. The normalized spacial score (nSPS) is 10.3. The van der Waals surface area contributed by atoms with Crippen molar-refractivity contribution in [2.45, 2.75) is 19.9 Å². The lowest BCUT2D eigenvalue weighted by molar-refractivity contribution is 0.251. The van der Waals surface area contributed by atoms with Crippen LogP contribution in [0.25, 0.3) is 0 Å². The molecule has 3 rings (SSSR count). The number of benzene rings is 3. The van der Waals surface area contributed by atoms with Crippen molar-refractivity contribution in [2.75, 3.05) is 5.32 Å². The van der Waals surface area contributed by atoms with E-state index in [1.807, 2.05) is 73.7 Å². The van der Waals surface area contributed by atoms with Gasteiger partial charge in [-0.2, -0.15) is 0 Å². The van der Waals surface area contributed by atoms with Crippen molar-refractivity contribution >= 4 is 11.7 Å². The number of carbonyl (C=O) groups excluding carboxylic acids is 1. The highest BCUT2D eigenvalue weighted by Crippen LogP contribution is 2.19. The molecule has 0 fully saturated rings. The second-order valence-electron chi connectivity index (χ2n) is 6.05. The summed E-state index contributed by atoms with van der Waals surface area (Å²) in [5.41, 5.74) is 5.45. The Morgan fingerprint density at radius 3 is 2.20 bits per heavy atom. The molecule has 126 valence electrons. The molecule has 0 saturated heterocycles. The summed E-state index contributed by atoms with van der Waals surface area (Å²) >= 11 is 0. The van der Waals surface area contributed by atoms with Gasteiger partial charge in [0.1, 0.15) is 0 Å². The molecule has 0 aliphatic heterocycles. The fourth-order valence-electron chi connectivity index (χ4n) is 2.76. The van der Waals surface area contributed by atoms with Crippen molar-refractivity contribution in [3.63, 3.8) is 0 Å². The zero-order valence-electron chi connectivity index (χ0n) is 14.3. The molecule has 0 aliphatic carbocycles. The lowest BCUT2D eigenvalue weighted by Gasteiger charge is -2.13. The van der Waals surface area contributed by atoms with Crippen LogP contribution in [0.3, 0.4) is 0 Å². The van der Waals surface area contributed by atoms with Crippen molar-refractivity contribution < 1.29 is 4.79 Å². The maximum Gasteiger partial charge on any atom is 0.319 e. The molecule has 0 bridgehead atoms. The van der Waals surface area contributed by atoms with Gasteiger partial charge in [0.05, 0.1) is 0 Å². The molecular formula is C22H22N2O. The fourth-order valence-corrected chi connectivity index (χ4v) is 2.76. The molecule has 0 saturated carbocycles. The van der Waals surface area contributed by atoms with Crippen LogP contribution in [0.2, 0.25) is 0 Å². The van der Waals surface area contributed by atoms with E-state index in [2.05, 4.69) is 22.8 Å². The Labute approximate surface area is 148 Å². The number of aryl methyl sites for hydroxylation is 1. The summed E-state index contributed by atoms with van der Waals surface area (Å²) in [6, 6.07) is 26.0. The summed E-state index contributed by atoms with van der Waals surface area (Å²) in [4.78, 5) is 12.3. The molecular weight excluding hydrogens is 308 g/mol. The molecule has 0 aromatic heterocycles. The summed E-state index contributed by atoms with van der Waals surface area (Å²) in [7, 11) is 0. The molecule has 3 nitrogen and oxygen atoms in total. The van der Waals surface area contributed by atoms with E-state index < -0.39 is 0 Å². The first kappa shape index (κ1) is 16.8. The van der Waals surface area contributed by atoms with Crippen LogP contribution in [0, 0.1) is 6.92 Å². The molecule has 0 heterocycles. The highest BCUT2D eigenvalue weighted by molar-refractivity contribution is 5.90. The first-order valence-corrected chi connectivity index (χ1v) is 8.43. The van der Waals surface area contributed by atoms with E-state index in [4.69, 9.17) is 0 Å². The minimum Gasteiger partial charge on any atom is -0.334 e. The monoisotopic (exact) mass is 330 g/mol. The van der Waals surface area contributed by atoms with Gasteiger partial charge in [-0.25, -0.2) is 4.79 Å². The summed E-state index contributed by atoms with van der Waals surface area (Å²) in [5, 5.41) is 5.90. The third-order valence-corrected chi connectivity index (χ3v) is 4.20. The maximum absolute atomic E-state index is 12.3. The first-order valence-electron chi connectivity index (χ1n) is 8.43. The van der Waals surface area contributed by atoms with Gasteiger partial charge in [0.2, 0.25) is 0 Å². The van der Waals surface area contributed by atoms with Gasteiger partial charge in [-0.1, -0.05) is 72.8 Å². The Morgan fingerprint density at radius 1 is 0.800 bits per heavy atom. The quantitative estimate of drug-likeness (QED) is 0.686. The van der Waals surface area contributed by atoms with E-state index in [9.17, 15) is 4.79 Å². The molecule has 0 atom stereocenters. The van der Waals surface area contributed by atoms with Crippen LogP contribution >= 0.6 is 0 Å². The van der Waals surface area contributed by atoms with Crippen LogP contribution in [0.15, 0.2) is 78.9 Å². The van der Waals surface area contributed by atoms with Crippen molar-refractivity contribution in [3.8, 4) is 0 Å². The molecule has 25 heavy (non-hydrogen) atoms. The molecule has 0 unspecified atom stereocenters. The first-order chi connectivity index (χ1) is 12.2. The van der Waals surface area contributed by atoms with Crippen LogP contribution in [0.4, 0.5) is 10.5 Å². The fraction of sp³-hybridized carbons (Fsp3) is 0.136. The topological polar surface area (TPSA) is 41.1 Å². The Morgan fingerprint density at radius 2 is 1.44 bits per heavy atom. The summed E-state index contributed by atoms with van der Waals surface area (Å²) in [6.07, 6.45) is 0.787. The molecule has 0 spiro atoms. The number of rotatable bonds is 5. The lowest BCUT2D eigenvalue weighted by atomic mass is 10.0. The number of hydrogen-bond acceptors (Lipinski definition) is 1. The van der Waals surface area contributed by atoms with Gasteiger partial charge >= 0.3 is 6.03 Å². The Bertz CT molecular complexity index is 843. The smallest absolute Gasteiger partial charge is 0.319 e. The van der Waals surface area contributed by atoms with Crippen LogP contribution in [-0.2, 0) is 13.0 Å². The Hall–Kier alpha value is -3.07. The number of carbonyl (C=O) groups is 1. The largest absolute Gasteiger partial charge is 0.334 e. The van der Waals surface area contributed by atoms with Gasteiger partial charge in [-0.05, 0) is 41.7 Å². The summed E-state index contributed by atoms with van der Waals surface area (Å²) in [5.74, 6) is 0. The van der Waals surface area contributed by atoms with E-state index in [0.29, 0.717) is 6.54 Å². The molecule has 2 amide bonds. The van der Waals surface area contributed by atoms with E-state index in [-0.39, 0.29) is 6.03 Å². The van der Waals surface area contributed by atoms with Crippen molar-refractivity contribution in [1.82, 2.24) is 5.32 Å². The molecule has 3 aromatic carbocycles. The van der Waals surface area contributed by atoms with E-state index >= 15 is 0 Å². The summed E-state index contributed by atoms with van der Waals surface area (Å²) in [6.45, 7) is 2.56. The maximum atomic E-state index is 12.3. The third kappa shape index (κ3) is 4.70. The Kier molecular flexibility index (Phi) is 5.47.